The number of thiophene rings is 1. The number of alkyl halides is 3. The molecule has 0 aliphatic rings. The van der Waals surface area contributed by atoms with Gasteiger partial charge in [0.05, 0.1) is 5.56 Å². The first-order valence-electron chi connectivity index (χ1n) is 5.67. The van der Waals surface area contributed by atoms with E-state index in [-0.39, 0.29) is 6.04 Å². The van der Waals surface area contributed by atoms with Crippen LogP contribution in [0.25, 0.3) is 10.1 Å². The van der Waals surface area contributed by atoms with Crippen molar-refractivity contribution in [2.24, 2.45) is 0 Å². The number of benzene rings is 1. The summed E-state index contributed by atoms with van der Waals surface area (Å²) in [5, 5.41) is 3.40. The molecular weight excluding hydrogens is 259 g/mol. The molecule has 0 aliphatic heterocycles. The molecule has 0 saturated carbocycles. The molecule has 1 heterocycles. The molecule has 1 aromatic heterocycles. The Labute approximate surface area is 108 Å². The third kappa shape index (κ3) is 2.67. The van der Waals surface area contributed by atoms with E-state index in [1.807, 2.05) is 14.0 Å². The number of hydrogen-bond acceptors (Lipinski definition) is 2. The van der Waals surface area contributed by atoms with Crippen LogP contribution in [0.15, 0.2) is 24.3 Å². The highest BCUT2D eigenvalue weighted by atomic mass is 32.1. The standard InChI is InChI=1S/C13H14F3NS/c1-8(17-2)6-9-7-10-11(13(14,15)16)4-3-5-12(10)18-9/h3-5,7-8,17H,6H2,1-2H3. The molecule has 0 radical (unpaired) electrons. The van der Waals surface area contributed by atoms with E-state index in [9.17, 15) is 13.2 Å². The van der Waals surface area contributed by atoms with E-state index in [1.165, 1.54) is 17.4 Å². The summed E-state index contributed by atoms with van der Waals surface area (Å²) in [6.45, 7) is 2.01. The summed E-state index contributed by atoms with van der Waals surface area (Å²) >= 11 is 1.43. The van der Waals surface area contributed by atoms with Gasteiger partial charge in [-0.25, -0.2) is 0 Å². The largest absolute Gasteiger partial charge is 0.417 e. The van der Waals surface area contributed by atoms with Crippen LogP contribution in [0.1, 0.15) is 17.4 Å². The summed E-state index contributed by atoms with van der Waals surface area (Å²) in [5.74, 6) is 0. The second-order valence-corrected chi connectivity index (χ2v) is 5.49. The van der Waals surface area contributed by atoms with Gasteiger partial charge in [-0.05, 0) is 38.6 Å². The SMILES string of the molecule is CNC(C)Cc1cc2c(C(F)(F)F)cccc2s1. The van der Waals surface area contributed by atoms with Crippen molar-refractivity contribution < 1.29 is 13.2 Å². The summed E-state index contributed by atoms with van der Waals surface area (Å²) in [6.07, 6.45) is -3.54. The van der Waals surface area contributed by atoms with E-state index in [1.54, 1.807) is 12.1 Å². The second kappa shape index (κ2) is 4.90. The van der Waals surface area contributed by atoms with Gasteiger partial charge < -0.3 is 5.32 Å². The van der Waals surface area contributed by atoms with Crippen molar-refractivity contribution in [1.82, 2.24) is 5.32 Å². The Morgan fingerprint density at radius 1 is 1.33 bits per heavy atom. The Balaban J connectivity index is 2.45. The molecule has 1 atom stereocenters. The molecule has 0 amide bonds. The highest BCUT2D eigenvalue weighted by molar-refractivity contribution is 7.19. The first kappa shape index (κ1) is 13.4. The van der Waals surface area contributed by atoms with Gasteiger partial charge in [0.1, 0.15) is 0 Å². The summed E-state index contributed by atoms with van der Waals surface area (Å²) in [7, 11) is 1.85. The van der Waals surface area contributed by atoms with Crippen molar-refractivity contribution in [1.29, 1.82) is 0 Å². The topological polar surface area (TPSA) is 12.0 Å². The van der Waals surface area contributed by atoms with Gasteiger partial charge in [0.25, 0.3) is 0 Å². The summed E-state index contributed by atoms with van der Waals surface area (Å²) < 4.78 is 39.2. The fraction of sp³-hybridized carbons (Fsp3) is 0.385. The first-order chi connectivity index (χ1) is 8.41. The van der Waals surface area contributed by atoms with Gasteiger partial charge in [-0.3, -0.25) is 0 Å². The van der Waals surface area contributed by atoms with Crippen LogP contribution >= 0.6 is 11.3 Å². The normalized spacial score (nSPS) is 14.1. The molecule has 1 unspecified atom stereocenters. The monoisotopic (exact) mass is 273 g/mol. The lowest BCUT2D eigenvalue weighted by atomic mass is 10.1. The van der Waals surface area contributed by atoms with Crippen LogP contribution in [0.4, 0.5) is 13.2 Å². The number of fused-ring (bicyclic) bond motifs is 1. The van der Waals surface area contributed by atoms with Gasteiger partial charge in [0.2, 0.25) is 0 Å². The Hall–Kier alpha value is -1.07. The lowest BCUT2D eigenvalue weighted by Gasteiger charge is -2.07. The van der Waals surface area contributed by atoms with E-state index in [2.05, 4.69) is 5.32 Å². The van der Waals surface area contributed by atoms with Gasteiger partial charge in [0, 0.05) is 21.0 Å². The average Bonchev–Trinajstić information content (AvgIpc) is 2.68. The minimum atomic E-state index is -4.29. The van der Waals surface area contributed by atoms with Crippen LogP contribution in [0.3, 0.4) is 0 Å². The molecule has 1 N–H and O–H groups in total. The third-order valence-electron chi connectivity index (χ3n) is 2.92. The molecule has 0 saturated heterocycles. The van der Waals surface area contributed by atoms with Crippen molar-refractivity contribution in [3.8, 4) is 0 Å². The lowest BCUT2D eigenvalue weighted by molar-refractivity contribution is -0.136. The first-order valence-corrected chi connectivity index (χ1v) is 6.49. The zero-order valence-corrected chi connectivity index (χ0v) is 11.0. The molecule has 2 rings (SSSR count). The molecule has 0 fully saturated rings. The van der Waals surface area contributed by atoms with E-state index in [0.29, 0.717) is 10.1 Å². The summed E-state index contributed by atoms with van der Waals surface area (Å²) in [6, 6.07) is 6.26. The van der Waals surface area contributed by atoms with Crippen molar-refractivity contribution in [2.75, 3.05) is 7.05 Å². The van der Waals surface area contributed by atoms with Crippen LogP contribution < -0.4 is 5.32 Å². The van der Waals surface area contributed by atoms with E-state index in [4.69, 9.17) is 0 Å². The fourth-order valence-corrected chi connectivity index (χ4v) is 3.08. The molecule has 18 heavy (non-hydrogen) atoms. The molecule has 0 bridgehead atoms. The van der Waals surface area contributed by atoms with E-state index >= 15 is 0 Å². The minimum Gasteiger partial charge on any atom is -0.317 e. The molecule has 98 valence electrons. The van der Waals surface area contributed by atoms with Crippen molar-refractivity contribution >= 4 is 21.4 Å². The predicted octanol–water partition coefficient (Wildman–Crippen LogP) is 4.07. The number of rotatable bonds is 3. The molecule has 0 aliphatic carbocycles. The highest BCUT2D eigenvalue weighted by Crippen LogP contribution is 2.38. The smallest absolute Gasteiger partial charge is 0.317 e. The van der Waals surface area contributed by atoms with Crippen molar-refractivity contribution in [3.63, 3.8) is 0 Å². The van der Waals surface area contributed by atoms with Gasteiger partial charge in [-0.2, -0.15) is 13.2 Å². The fourth-order valence-electron chi connectivity index (χ4n) is 1.87. The Kier molecular flexibility index (Phi) is 3.64. The summed E-state index contributed by atoms with van der Waals surface area (Å²) in [4.78, 5) is 0.976. The molecular formula is C13H14F3NS. The van der Waals surface area contributed by atoms with Crippen molar-refractivity contribution in [2.45, 2.75) is 25.6 Å². The molecule has 2 aromatic rings. The maximum atomic E-state index is 12.8. The Morgan fingerprint density at radius 3 is 2.67 bits per heavy atom. The second-order valence-electron chi connectivity index (χ2n) is 4.32. The Bertz CT molecular complexity index is 545. The number of halogens is 3. The molecule has 5 heteroatoms. The Morgan fingerprint density at radius 2 is 2.06 bits per heavy atom. The van der Waals surface area contributed by atoms with Crippen LogP contribution in [0.5, 0.6) is 0 Å². The number of hydrogen-bond donors (Lipinski definition) is 1. The lowest BCUT2D eigenvalue weighted by Crippen LogP contribution is -2.22. The zero-order chi connectivity index (χ0) is 13.3. The van der Waals surface area contributed by atoms with Crippen LogP contribution in [0.2, 0.25) is 0 Å². The predicted molar refractivity (Wildman–Crippen MR) is 69.1 cm³/mol. The van der Waals surface area contributed by atoms with E-state index < -0.39 is 11.7 Å². The van der Waals surface area contributed by atoms with Crippen LogP contribution in [-0.2, 0) is 12.6 Å². The number of nitrogens with one attached hydrogen (secondary N) is 1. The van der Waals surface area contributed by atoms with Crippen LogP contribution in [-0.4, -0.2) is 13.1 Å². The van der Waals surface area contributed by atoms with Gasteiger partial charge in [0.15, 0.2) is 0 Å². The van der Waals surface area contributed by atoms with Crippen molar-refractivity contribution in [3.05, 3.63) is 34.7 Å². The summed E-state index contributed by atoms with van der Waals surface area (Å²) in [5.41, 5.74) is -0.542. The number of likely N-dealkylation sites (N-methyl/N-ethyl adjacent to an activating group) is 1. The maximum Gasteiger partial charge on any atom is 0.417 e. The zero-order valence-electron chi connectivity index (χ0n) is 10.1. The molecule has 0 spiro atoms. The van der Waals surface area contributed by atoms with Gasteiger partial charge in [-0.1, -0.05) is 6.07 Å². The van der Waals surface area contributed by atoms with E-state index in [0.717, 1.165) is 17.4 Å². The third-order valence-corrected chi connectivity index (χ3v) is 4.04. The van der Waals surface area contributed by atoms with Crippen LogP contribution in [0, 0.1) is 0 Å². The highest BCUT2D eigenvalue weighted by Gasteiger charge is 2.32. The molecule has 1 nitrogen and oxygen atoms in total. The molecule has 1 aromatic carbocycles. The quantitative estimate of drug-likeness (QED) is 0.889. The minimum absolute atomic E-state index is 0.257. The average molecular weight is 273 g/mol. The maximum absolute atomic E-state index is 12.8. The van der Waals surface area contributed by atoms with Gasteiger partial charge in [-0.15, -0.1) is 11.3 Å². The van der Waals surface area contributed by atoms with Gasteiger partial charge >= 0.3 is 6.18 Å².